The van der Waals surface area contributed by atoms with Crippen LogP contribution in [0.15, 0.2) is 6.07 Å². The van der Waals surface area contributed by atoms with Crippen molar-refractivity contribution in [2.75, 3.05) is 13.7 Å². The lowest BCUT2D eigenvalue weighted by Crippen LogP contribution is -2.33. The van der Waals surface area contributed by atoms with Crippen LogP contribution in [0, 0.1) is 6.92 Å². The average Bonchev–Trinajstić information content (AvgIpc) is 3.29. The third-order valence-corrected chi connectivity index (χ3v) is 4.02. The van der Waals surface area contributed by atoms with E-state index in [1.807, 2.05) is 0 Å². The molecule has 0 aromatic carbocycles. The zero-order valence-electron chi connectivity index (χ0n) is 13.5. The van der Waals surface area contributed by atoms with Gasteiger partial charge in [-0.15, -0.1) is 5.10 Å². The lowest BCUT2D eigenvalue weighted by Gasteiger charge is -2.16. The molecule has 1 amide bonds. The molecule has 2 heterocycles. The molecule has 0 saturated heterocycles. The van der Waals surface area contributed by atoms with Crippen LogP contribution in [0.2, 0.25) is 0 Å². The summed E-state index contributed by atoms with van der Waals surface area (Å²) in [5, 5.41) is 3.73. The Morgan fingerprint density at radius 1 is 1.46 bits per heavy atom. The second-order valence-corrected chi connectivity index (χ2v) is 5.96. The summed E-state index contributed by atoms with van der Waals surface area (Å²) in [6.45, 7) is 1.13. The first-order chi connectivity index (χ1) is 11.2. The normalized spacial score (nSPS) is 14.9. The molecule has 24 heavy (non-hydrogen) atoms. The van der Waals surface area contributed by atoms with Crippen molar-refractivity contribution in [3.8, 4) is 5.88 Å². The number of halogens is 3. The highest BCUT2D eigenvalue weighted by molar-refractivity contribution is 5.86. The molecule has 1 saturated carbocycles. The number of rotatable bonds is 4. The van der Waals surface area contributed by atoms with Gasteiger partial charge in [0.25, 0.3) is 5.91 Å². The minimum Gasteiger partial charge on any atom is -0.466 e. The van der Waals surface area contributed by atoms with E-state index in [0.29, 0.717) is 0 Å². The largest absolute Gasteiger partial charge is 0.466 e. The van der Waals surface area contributed by atoms with Crippen LogP contribution < -0.4 is 4.74 Å². The number of hydrogen-bond acceptors (Lipinski definition) is 4. The molecule has 0 atom stereocenters. The fraction of sp³-hybridized carbons (Fsp3) is 0.533. The first-order valence-electron chi connectivity index (χ1n) is 7.48. The highest BCUT2D eigenvalue weighted by atomic mass is 19.4. The molecular formula is C15H17F3N4O2. The predicted octanol–water partition coefficient (Wildman–Crippen LogP) is 2.30. The molecule has 2 aromatic rings. The van der Waals surface area contributed by atoms with Crippen molar-refractivity contribution >= 4 is 16.9 Å². The van der Waals surface area contributed by atoms with Crippen molar-refractivity contribution in [2.24, 2.45) is 7.05 Å². The molecular weight excluding hydrogens is 325 g/mol. The number of carbonyl (C=O) groups excluding carboxylic acids is 1. The summed E-state index contributed by atoms with van der Waals surface area (Å²) in [5.41, 5.74) is -0.565. The van der Waals surface area contributed by atoms with E-state index in [2.05, 4.69) is 10.1 Å². The van der Waals surface area contributed by atoms with Gasteiger partial charge in [0, 0.05) is 25.8 Å². The van der Waals surface area contributed by atoms with E-state index in [9.17, 15) is 18.0 Å². The minimum absolute atomic E-state index is 0.0697. The Bertz CT molecular complexity index is 796. The number of nitrogens with zero attached hydrogens (tertiary/aromatic N) is 4. The fourth-order valence-electron chi connectivity index (χ4n) is 2.56. The maximum absolute atomic E-state index is 13.3. The highest BCUT2D eigenvalue weighted by Gasteiger charge is 2.36. The summed E-state index contributed by atoms with van der Waals surface area (Å²) in [7, 11) is 3.14. The monoisotopic (exact) mass is 342 g/mol. The van der Waals surface area contributed by atoms with Gasteiger partial charge in [-0.05, 0) is 25.8 Å². The Labute approximate surface area is 136 Å². The van der Waals surface area contributed by atoms with Crippen LogP contribution in [-0.4, -0.2) is 45.3 Å². The second-order valence-electron chi connectivity index (χ2n) is 5.96. The van der Waals surface area contributed by atoms with Crippen LogP contribution in [-0.2, 0) is 18.0 Å². The zero-order chi connectivity index (χ0) is 17.6. The SMILES string of the molecule is Cc1cc(C(F)(F)F)c2c(OCC(=O)N(C)C3CC3)nn(C)c2n1. The number of alkyl halides is 3. The smallest absolute Gasteiger partial charge is 0.417 e. The van der Waals surface area contributed by atoms with E-state index >= 15 is 0 Å². The Kier molecular flexibility index (Phi) is 3.89. The van der Waals surface area contributed by atoms with Gasteiger partial charge in [0.05, 0.1) is 10.9 Å². The van der Waals surface area contributed by atoms with E-state index < -0.39 is 11.7 Å². The van der Waals surface area contributed by atoms with Gasteiger partial charge >= 0.3 is 6.18 Å². The lowest BCUT2D eigenvalue weighted by molar-refractivity contribution is -0.136. The molecule has 0 radical (unpaired) electrons. The van der Waals surface area contributed by atoms with Gasteiger partial charge < -0.3 is 9.64 Å². The third-order valence-electron chi connectivity index (χ3n) is 4.02. The molecule has 1 aliphatic carbocycles. The van der Waals surface area contributed by atoms with Crippen LogP contribution in [0.25, 0.3) is 11.0 Å². The molecule has 2 aromatic heterocycles. The molecule has 1 fully saturated rings. The summed E-state index contributed by atoms with van der Waals surface area (Å²) in [6, 6.07) is 1.16. The lowest BCUT2D eigenvalue weighted by atomic mass is 10.1. The van der Waals surface area contributed by atoms with Gasteiger partial charge in [0.15, 0.2) is 12.3 Å². The van der Waals surface area contributed by atoms with Crippen molar-refractivity contribution in [2.45, 2.75) is 32.0 Å². The Morgan fingerprint density at radius 2 is 2.12 bits per heavy atom. The molecule has 130 valence electrons. The van der Waals surface area contributed by atoms with Crippen molar-refractivity contribution < 1.29 is 22.7 Å². The van der Waals surface area contributed by atoms with Crippen molar-refractivity contribution in [1.82, 2.24) is 19.7 Å². The van der Waals surface area contributed by atoms with Crippen molar-refractivity contribution in [1.29, 1.82) is 0 Å². The minimum atomic E-state index is -4.57. The number of aryl methyl sites for hydroxylation is 2. The molecule has 6 nitrogen and oxygen atoms in total. The summed E-state index contributed by atoms with van der Waals surface area (Å²) < 4.78 is 46.5. The number of carbonyl (C=O) groups is 1. The molecule has 1 aliphatic rings. The molecule has 9 heteroatoms. The van der Waals surface area contributed by atoms with E-state index in [1.165, 1.54) is 18.7 Å². The van der Waals surface area contributed by atoms with E-state index in [4.69, 9.17) is 4.74 Å². The predicted molar refractivity (Wildman–Crippen MR) is 79.5 cm³/mol. The van der Waals surface area contributed by atoms with Gasteiger partial charge in [-0.3, -0.25) is 4.79 Å². The van der Waals surface area contributed by atoms with E-state index in [1.54, 1.807) is 11.9 Å². The van der Waals surface area contributed by atoms with Crippen LogP contribution in [0.1, 0.15) is 24.1 Å². The molecule has 0 unspecified atom stereocenters. The third kappa shape index (κ3) is 3.02. The Morgan fingerprint density at radius 3 is 2.71 bits per heavy atom. The standard InChI is InChI=1S/C15H17F3N4O2/c1-8-6-10(15(16,17)18)12-13(19-8)22(3)20-14(12)24-7-11(23)21(2)9-4-5-9/h6,9H,4-5,7H2,1-3H3. The molecule has 0 bridgehead atoms. The van der Waals surface area contributed by atoms with E-state index in [0.717, 1.165) is 18.9 Å². The number of hydrogen-bond donors (Lipinski definition) is 0. The average molecular weight is 342 g/mol. The fourth-order valence-corrected chi connectivity index (χ4v) is 2.56. The molecule has 0 N–H and O–H groups in total. The Balaban J connectivity index is 1.94. The number of ether oxygens (including phenoxy) is 1. The van der Waals surface area contributed by atoms with Crippen LogP contribution >= 0.6 is 0 Å². The first-order valence-corrected chi connectivity index (χ1v) is 7.48. The van der Waals surface area contributed by atoms with Crippen molar-refractivity contribution in [3.05, 3.63) is 17.3 Å². The van der Waals surface area contributed by atoms with Crippen LogP contribution in [0.4, 0.5) is 13.2 Å². The summed E-state index contributed by atoms with van der Waals surface area (Å²) in [5.74, 6) is -0.519. The number of likely N-dealkylation sites (N-methyl/N-ethyl adjacent to an activating group) is 1. The quantitative estimate of drug-likeness (QED) is 0.855. The van der Waals surface area contributed by atoms with Gasteiger partial charge in [0.2, 0.25) is 5.88 Å². The van der Waals surface area contributed by atoms with E-state index in [-0.39, 0.29) is 41.2 Å². The maximum Gasteiger partial charge on any atom is 0.417 e. The zero-order valence-corrected chi connectivity index (χ0v) is 13.5. The number of fused-ring (bicyclic) bond motifs is 1. The second kappa shape index (κ2) is 5.64. The maximum atomic E-state index is 13.3. The Hall–Kier alpha value is -2.32. The van der Waals surface area contributed by atoms with Gasteiger partial charge in [-0.2, -0.15) is 13.2 Å². The van der Waals surface area contributed by atoms with Crippen LogP contribution in [0.5, 0.6) is 5.88 Å². The van der Waals surface area contributed by atoms with Gasteiger partial charge in [-0.1, -0.05) is 0 Å². The van der Waals surface area contributed by atoms with Gasteiger partial charge in [-0.25, -0.2) is 9.67 Å². The molecule has 3 rings (SSSR count). The summed E-state index contributed by atoms with van der Waals surface area (Å²) in [6.07, 6.45) is -2.69. The summed E-state index contributed by atoms with van der Waals surface area (Å²) in [4.78, 5) is 17.7. The summed E-state index contributed by atoms with van der Waals surface area (Å²) >= 11 is 0. The van der Waals surface area contributed by atoms with Crippen LogP contribution in [0.3, 0.4) is 0 Å². The number of aromatic nitrogens is 3. The highest BCUT2D eigenvalue weighted by Crippen LogP contribution is 2.38. The molecule has 0 aliphatic heterocycles. The number of pyridine rings is 1. The van der Waals surface area contributed by atoms with Gasteiger partial charge in [0.1, 0.15) is 0 Å². The van der Waals surface area contributed by atoms with Crippen molar-refractivity contribution in [3.63, 3.8) is 0 Å². The molecule has 0 spiro atoms. The number of amides is 1. The first kappa shape index (κ1) is 16.5. The topological polar surface area (TPSA) is 60.2 Å².